The Morgan fingerprint density at radius 2 is 1.88 bits per heavy atom. The van der Waals surface area contributed by atoms with Crippen LogP contribution in [0.5, 0.6) is 0 Å². The molecule has 1 aliphatic heterocycles. The highest BCUT2D eigenvalue weighted by Crippen LogP contribution is 2.30. The number of halogens is 1. The molecule has 4 rings (SSSR count). The summed E-state index contributed by atoms with van der Waals surface area (Å²) in [6.07, 6.45) is 0.540. The Hall–Kier alpha value is -1.88. The van der Waals surface area contributed by atoms with Crippen molar-refractivity contribution in [3.63, 3.8) is 0 Å². The van der Waals surface area contributed by atoms with Crippen LogP contribution in [0.25, 0.3) is 22.6 Å². The van der Waals surface area contributed by atoms with Crippen LogP contribution >= 0.6 is 11.6 Å². The number of hydrogen-bond acceptors (Lipinski definition) is 4. The van der Waals surface area contributed by atoms with Crippen molar-refractivity contribution in [2.45, 2.75) is 32.6 Å². The molecule has 3 aromatic rings. The average molecular weight is 357 g/mol. The Morgan fingerprint density at radius 3 is 2.64 bits per heavy atom. The van der Waals surface area contributed by atoms with Crippen LogP contribution in [0.2, 0.25) is 5.02 Å². The van der Waals surface area contributed by atoms with Gasteiger partial charge in [-0.05, 0) is 43.7 Å². The number of oxazole rings is 1. The van der Waals surface area contributed by atoms with Gasteiger partial charge in [0.1, 0.15) is 5.52 Å². The summed E-state index contributed by atoms with van der Waals surface area (Å²) in [4.78, 5) is 7.06. The molecule has 0 N–H and O–H groups in total. The first-order valence-electron chi connectivity index (χ1n) is 8.60. The maximum absolute atomic E-state index is 6.26. The van der Waals surface area contributed by atoms with E-state index in [2.05, 4.69) is 35.9 Å². The highest BCUT2D eigenvalue weighted by atomic mass is 35.5. The lowest BCUT2D eigenvalue weighted by atomic mass is 10.1. The van der Waals surface area contributed by atoms with Crippen molar-refractivity contribution >= 4 is 22.7 Å². The molecule has 0 aliphatic carbocycles. The van der Waals surface area contributed by atoms with E-state index in [1.165, 1.54) is 5.56 Å². The van der Waals surface area contributed by atoms with Gasteiger partial charge in [-0.3, -0.25) is 4.90 Å². The van der Waals surface area contributed by atoms with Gasteiger partial charge in [-0.1, -0.05) is 29.8 Å². The summed E-state index contributed by atoms with van der Waals surface area (Å²) >= 11 is 6.26. The first-order valence-corrected chi connectivity index (χ1v) is 8.98. The fourth-order valence-corrected chi connectivity index (χ4v) is 3.71. The average Bonchev–Trinajstić information content (AvgIpc) is 2.97. The van der Waals surface area contributed by atoms with Crippen LogP contribution in [-0.4, -0.2) is 35.2 Å². The van der Waals surface area contributed by atoms with Crippen LogP contribution in [0.3, 0.4) is 0 Å². The van der Waals surface area contributed by atoms with Gasteiger partial charge in [-0.25, -0.2) is 4.98 Å². The molecule has 4 nitrogen and oxygen atoms in total. The molecule has 1 aliphatic rings. The van der Waals surface area contributed by atoms with Gasteiger partial charge < -0.3 is 9.15 Å². The maximum atomic E-state index is 6.26. The molecule has 2 aromatic carbocycles. The molecule has 2 atom stereocenters. The third kappa shape index (κ3) is 3.56. The SMILES string of the molecule is C[C@H]1CN(Cc2ccc3oc(-c4ccccc4Cl)nc3c2)C[C@H](C)O1. The molecule has 1 saturated heterocycles. The molecule has 5 heteroatoms. The Bertz CT molecular complexity index is 882. The number of fused-ring (bicyclic) bond motifs is 1. The summed E-state index contributed by atoms with van der Waals surface area (Å²) in [5.74, 6) is 0.561. The minimum atomic E-state index is 0.270. The van der Waals surface area contributed by atoms with Crippen LogP contribution in [0.4, 0.5) is 0 Å². The van der Waals surface area contributed by atoms with E-state index < -0.39 is 0 Å². The van der Waals surface area contributed by atoms with Gasteiger partial charge in [0.25, 0.3) is 0 Å². The zero-order valence-electron chi connectivity index (χ0n) is 14.4. The topological polar surface area (TPSA) is 38.5 Å². The van der Waals surface area contributed by atoms with Crippen molar-refractivity contribution < 1.29 is 9.15 Å². The third-order valence-electron chi connectivity index (χ3n) is 4.46. The van der Waals surface area contributed by atoms with E-state index in [1.54, 1.807) is 0 Å². The molecule has 0 spiro atoms. The minimum Gasteiger partial charge on any atom is -0.436 e. The van der Waals surface area contributed by atoms with Crippen LogP contribution in [-0.2, 0) is 11.3 Å². The monoisotopic (exact) mass is 356 g/mol. The van der Waals surface area contributed by atoms with Gasteiger partial charge >= 0.3 is 0 Å². The number of morpholine rings is 1. The second-order valence-corrected chi connectivity index (χ2v) is 7.16. The highest BCUT2D eigenvalue weighted by molar-refractivity contribution is 6.33. The quantitative estimate of drug-likeness (QED) is 0.678. The molecule has 0 unspecified atom stereocenters. The van der Waals surface area contributed by atoms with Crippen LogP contribution in [0.15, 0.2) is 46.9 Å². The highest BCUT2D eigenvalue weighted by Gasteiger charge is 2.22. The predicted molar refractivity (Wildman–Crippen MR) is 99.7 cm³/mol. The predicted octanol–water partition coefficient (Wildman–Crippen LogP) is 4.76. The number of benzene rings is 2. The molecular formula is C20H21ClN2O2. The van der Waals surface area contributed by atoms with Gasteiger partial charge in [0.2, 0.25) is 5.89 Å². The standard InChI is InChI=1S/C20H21ClN2O2/c1-13-10-23(11-14(2)24-13)12-15-7-8-19-18(9-15)22-20(25-19)16-5-3-4-6-17(16)21/h3-9,13-14H,10-12H2,1-2H3/t13-,14-/m0/s1. The first-order chi connectivity index (χ1) is 12.1. The second kappa shape index (κ2) is 6.79. The van der Waals surface area contributed by atoms with E-state index in [4.69, 9.17) is 20.8 Å². The van der Waals surface area contributed by atoms with Crippen LogP contribution in [0, 0.1) is 0 Å². The molecule has 130 valence electrons. The molecule has 0 bridgehead atoms. The smallest absolute Gasteiger partial charge is 0.228 e. The molecule has 0 amide bonds. The number of aromatic nitrogens is 1. The number of nitrogens with zero attached hydrogens (tertiary/aromatic N) is 2. The summed E-state index contributed by atoms with van der Waals surface area (Å²) in [5, 5.41) is 0.644. The second-order valence-electron chi connectivity index (χ2n) is 6.75. The first kappa shape index (κ1) is 16.6. The summed E-state index contributed by atoms with van der Waals surface area (Å²) < 4.78 is 11.7. The number of ether oxygens (including phenoxy) is 1. The van der Waals surface area contributed by atoms with E-state index in [0.29, 0.717) is 10.9 Å². The lowest BCUT2D eigenvalue weighted by molar-refractivity contribution is -0.0704. The Balaban J connectivity index is 1.59. The van der Waals surface area contributed by atoms with Crippen LogP contribution in [0.1, 0.15) is 19.4 Å². The lowest BCUT2D eigenvalue weighted by Crippen LogP contribution is -2.44. The van der Waals surface area contributed by atoms with E-state index >= 15 is 0 Å². The van der Waals surface area contributed by atoms with Gasteiger partial charge in [0.05, 0.1) is 22.8 Å². The molecule has 0 saturated carbocycles. The molecule has 1 fully saturated rings. The van der Waals surface area contributed by atoms with Crippen molar-refractivity contribution in [1.82, 2.24) is 9.88 Å². The summed E-state index contributed by atoms with van der Waals surface area (Å²) in [6.45, 7) is 7.04. The van der Waals surface area contributed by atoms with Gasteiger partial charge in [0, 0.05) is 19.6 Å². The van der Waals surface area contributed by atoms with Gasteiger partial charge in [-0.2, -0.15) is 0 Å². The fourth-order valence-electron chi connectivity index (χ4n) is 3.49. The van der Waals surface area contributed by atoms with E-state index in [1.807, 2.05) is 30.3 Å². The molecule has 2 heterocycles. The molecular weight excluding hydrogens is 336 g/mol. The zero-order chi connectivity index (χ0) is 17.4. The summed E-state index contributed by atoms with van der Waals surface area (Å²) in [7, 11) is 0. The van der Waals surface area contributed by atoms with E-state index in [9.17, 15) is 0 Å². The minimum absolute atomic E-state index is 0.270. The van der Waals surface area contributed by atoms with E-state index in [-0.39, 0.29) is 12.2 Å². The molecule has 0 radical (unpaired) electrons. The van der Waals surface area contributed by atoms with Crippen LogP contribution < -0.4 is 0 Å². The molecule has 1 aromatic heterocycles. The van der Waals surface area contributed by atoms with Crippen molar-refractivity contribution in [3.05, 3.63) is 53.1 Å². The fraction of sp³-hybridized carbons (Fsp3) is 0.350. The Kier molecular flexibility index (Phi) is 4.50. The number of rotatable bonds is 3. The van der Waals surface area contributed by atoms with Crippen molar-refractivity contribution in [1.29, 1.82) is 0 Å². The van der Waals surface area contributed by atoms with Gasteiger partial charge in [0.15, 0.2) is 5.58 Å². The molecule has 25 heavy (non-hydrogen) atoms. The Labute approximate surface area is 152 Å². The van der Waals surface area contributed by atoms with E-state index in [0.717, 1.165) is 36.3 Å². The van der Waals surface area contributed by atoms with Crippen molar-refractivity contribution in [2.75, 3.05) is 13.1 Å². The maximum Gasteiger partial charge on any atom is 0.228 e. The Morgan fingerprint density at radius 1 is 1.12 bits per heavy atom. The van der Waals surface area contributed by atoms with Crippen molar-refractivity contribution in [2.24, 2.45) is 0 Å². The van der Waals surface area contributed by atoms with Gasteiger partial charge in [-0.15, -0.1) is 0 Å². The largest absolute Gasteiger partial charge is 0.436 e. The zero-order valence-corrected chi connectivity index (χ0v) is 15.2. The summed E-state index contributed by atoms with van der Waals surface area (Å²) in [6, 6.07) is 13.8. The number of hydrogen-bond donors (Lipinski definition) is 0. The normalized spacial score (nSPS) is 21.7. The third-order valence-corrected chi connectivity index (χ3v) is 4.79. The van der Waals surface area contributed by atoms with Crippen molar-refractivity contribution in [3.8, 4) is 11.5 Å². The lowest BCUT2D eigenvalue weighted by Gasteiger charge is -2.35. The summed E-state index contributed by atoms with van der Waals surface area (Å²) in [5.41, 5.74) is 3.69.